The van der Waals surface area contributed by atoms with Gasteiger partial charge in [-0.3, -0.25) is 9.59 Å². The standard InChI is InChI=1S/C13H18N2O3.C2H6/c1-4-18-12(16)6-10-8-14(3)13(17)11-5-9(2)7-15(10)11;1-2/h5,7,10H,4,6,8H2,1-3H3;1-2H3. The van der Waals surface area contributed by atoms with Gasteiger partial charge in [-0.15, -0.1) is 0 Å². The van der Waals surface area contributed by atoms with Crippen LogP contribution in [0.25, 0.3) is 0 Å². The van der Waals surface area contributed by atoms with Crippen LogP contribution in [0.4, 0.5) is 0 Å². The Morgan fingerprint density at radius 3 is 2.70 bits per heavy atom. The van der Waals surface area contributed by atoms with Gasteiger partial charge in [-0.2, -0.15) is 0 Å². The maximum absolute atomic E-state index is 12.0. The number of hydrogen-bond donors (Lipinski definition) is 0. The Labute approximate surface area is 120 Å². The van der Waals surface area contributed by atoms with Gasteiger partial charge in [0, 0.05) is 19.8 Å². The molecule has 1 aliphatic heterocycles. The van der Waals surface area contributed by atoms with E-state index < -0.39 is 0 Å². The van der Waals surface area contributed by atoms with Gasteiger partial charge in [-0.05, 0) is 25.5 Å². The van der Waals surface area contributed by atoms with E-state index in [0.717, 1.165) is 5.56 Å². The fourth-order valence-corrected chi connectivity index (χ4v) is 2.35. The second-order valence-electron chi connectivity index (χ2n) is 4.66. The number of nitrogens with zero attached hydrogens (tertiary/aromatic N) is 2. The molecular formula is C15H24N2O3. The molecule has 1 aromatic heterocycles. The molecule has 0 radical (unpaired) electrons. The van der Waals surface area contributed by atoms with Crippen molar-refractivity contribution in [2.45, 2.75) is 40.2 Å². The molecule has 2 rings (SSSR count). The van der Waals surface area contributed by atoms with E-state index in [1.807, 2.05) is 37.6 Å². The smallest absolute Gasteiger partial charge is 0.307 e. The zero-order chi connectivity index (χ0) is 15.3. The number of carbonyl (C=O) groups excluding carboxylic acids is 2. The first-order valence-corrected chi connectivity index (χ1v) is 7.12. The van der Waals surface area contributed by atoms with Crippen molar-refractivity contribution in [2.75, 3.05) is 20.2 Å². The molecule has 5 heteroatoms. The number of aryl methyl sites for hydroxylation is 1. The number of rotatable bonds is 3. The van der Waals surface area contributed by atoms with E-state index in [0.29, 0.717) is 25.3 Å². The summed E-state index contributed by atoms with van der Waals surface area (Å²) in [6, 6.07) is 1.83. The molecule has 0 saturated carbocycles. The van der Waals surface area contributed by atoms with Gasteiger partial charge in [0.1, 0.15) is 5.69 Å². The molecule has 1 aliphatic rings. The van der Waals surface area contributed by atoms with Gasteiger partial charge in [0.2, 0.25) is 0 Å². The summed E-state index contributed by atoms with van der Waals surface area (Å²) < 4.78 is 6.87. The Bertz CT molecular complexity index is 479. The predicted molar refractivity (Wildman–Crippen MR) is 77.8 cm³/mol. The quantitative estimate of drug-likeness (QED) is 0.799. The molecule has 0 spiro atoms. The molecule has 2 heterocycles. The number of hydrogen-bond acceptors (Lipinski definition) is 3. The number of aromatic nitrogens is 1. The number of carbonyl (C=O) groups is 2. The molecule has 0 fully saturated rings. The average Bonchev–Trinajstić information content (AvgIpc) is 2.81. The minimum Gasteiger partial charge on any atom is -0.466 e. The van der Waals surface area contributed by atoms with Crippen LogP contribution in [0.1, 0.15) is 49.3 Å². The molecule has 0 aromatic carbocycles. The van der Waals surface area contributed by atoms with Crippen molar-refractivity contribution in [3.05, 3.63) is 23.5 Å². The highest BCUT2D eigenvalue weighted by molar-refractivity contribution is 5.93. The first-order valence-electron chi connectivity index (χ1n) is 7.12. The zero-order valence-corrected chi connectivity index (χ0v) is 13.0. The SMILES string of the molecule is CC.CCOC(=O)CC1CN(C)C(=O)c2cc(C)cn21. The Kier molecular flexibility index (Phi) is 5.80. The molecule has 5 nitrogen and oxygen atoms in total. The Balaban J connectivity index is 0.000000956. The van der Waals surface area contributed by atoms with Crippen LogP contribution in [-0.4, -0.2) is 41.5 Å². The van der Waals surface area contributed by atoms with E-state index in [1.54, 1.807) is 18.9 Å². The van der Waals surface area contributed by atoms with E-state index in [1.165, 1.54) is 0 Å². The highest BCUT2D eigenvalue weighted by Gasteiger charge is 2.30. The molecular weight excluding hydrogens is 256 g/mol. The van der Waals surface area contributed by atoms with E-state index in [9.17, 15) is 9.59 Å². The summed E-state index contributed by atoms with van der Waals surface area (Å²) in [5.74, 6) is -0.217. The molecule has 0 saturated heterocycles. The van der Waals surface area contributed by atoms with E-state index in [4.69, 9.17) is 4.74 Å². The molecule has 0 bridgehead atoms. The third-order valence-corrected chi connectivity index (χ3v) is 3.14. The van der Waals surface area contributed by atoms with E-state index >= 15 is 0 Å². The Morgan fingerprint density at radius 2 is 2.10 bits per heavy atom. The molecule has 0 aliphatic carbocycles. The lowest BCUT2D eigenvalue weighted by Gasteiger charge is -2.31. The number of ether oxygens (including phenoxy) is 1. The van der Waals surface area contributed by atoms with Crippen molar-refractivity contribution in [3.8, 4) is 0 Å². The van der Waals surface area contributed by atoms with Crippen LogP contribution in [0.2, 0.25) is 0 Å². The van der Waals surface area contributed by atoms with Gasteiger partial charge in [-0.1, -0.05) is 13.8 Å². The van der Waals surface area contributed by atoms with Crippen LogP contribution in [0.3, 0.4) is 0 Å². The second-order valence-corrected chi connectivity index (χ2v) is 4.66. The summed E-state index contributed by atoms with van der Waals surface area (Å²) in [5, 5.41) is 0. The third-order valence-electron chi connectivity index (χ3n) is 3.14. The third kappa shape index (κ3) is 3.40. The van der Waals surface area contributed by atoms with Crippen molar-refractivity contribution >= 4 is 11.9 Å². The minimum absolute atomic E-state index is 0.00297. The summed E-state index contributed by atoms with van der Waals surface area (Å²) in [4.78, 5) is 25.2. The summed E-state index contributed by atoms with van der Waals surface area (Å²) in [6.07, 6.45) is 2.22. The van der Waals surface area contributed by atoms with Gasteiger partial charge in [0.25, 0.3) is 5.91 Å². The van der Waals surface area contributed by atoms with Crippen LogP contribution in [-0.2, 0) is 9.53 Å². The fourth-order valence-electron chi connectivity index (χ4n) is 2.35. The van der Waals surface area contributed by atoms with Crippen molar-refractivity contribution in [3.63, 3.8) is 0 Å². The molecule has 112 valence electrons. The number of amides is 1. The fraction of sp³-hybridized carbons (Fsp3) is 0.600. The first kappa shape index (κ1) is 16.3. The lowest BCUT2D eigenvalue weighted by Crippen LogP contribution is -2.40. The molecule has 1 amide bonds. The van der Waals surface area contributed by atoms with Gasteiger partial charge in [-0.25, -0.2) is 0 Å². The molecule has 1 unspecified atom stereocenters. The second kappa shape index (κ2) is 7.12. The van der Waals surface area contributed by atoms with Gasteiger partial charge < -0.3 is 14.2 Å². The lowest BCUT2D eigenvalue weighted by molar-refractivity contribution is -0.144. The summed E-state index contributed by atoms with van der Waals surface area (Å²) in [6.45, 7) is 8.66. The highest BCUT2D eigenvalue weighted by Crippen LogP contribution is 2.25. The van der Waals surface area contributed by atoms with Gasteiger partial charge in [0.15, 0.2) is 0 Å². The molecule has 0 N–H and O–H groups in total. The summed E-state index contributed by atoms with van der Waals surface area (Å²) in [5.41, 5.74) is 1.68. The normalized spacial score (nSPS) is 17.1. The predicted octanol–water partition coefficient (Wildman–Crippen LogP) is 2.40. The van der Waals surface area contributed by atoms with Crippen LogP contribution in [0, 0.1) is 6.92 Å². The molecule has 1 atom stereocenters. The Hall–Kier alpha value is -1.78. The number of esters is 1. The van der Waals surface area contributed by atoms with Crippen LogP contribution >= 0.6 is 0 Å². The number of fused-ring (bicyclic) bond motifs is 1. The summed E-state index contributed by atoms with van der Waals surface area (Å²) >= 11 is 0. The Morgan fingerprint density at radius 1 is 1.45 bits per heavy atom. The zero-order valence-electron chi connectivity index (χ0n) is 13.0. The van der Waals surface area contributed by atoms with Crippen molar-refractivity contribution in [2.24, 2.45) is 0 Å². The van der Waals surface area contributed by atoms with Crippen molar-refractivity contribution < 1.29 is 14.3 Å². The highest BCUT2D eigenvalue weighted by atomic mass is 16.5. The summed E-state index contributed by atoms with van der Waals surface area (Å²) in [7, 11) is 1.76. The van der Waals surface area contributed by atoms with Gasteiger partial charge in [0.05, 0.1) is 19.1 Å². The van der Waals surface area contributed by atoms with Crippen molar-refractivity contribution in [1.82, 2.24) is 9.47 Å². The molecule has 20 heavy (non-hydrogen) atoms. The van der Waals surface area contributed by atoms with Gasteiger partial charge >= 0.3 is 5.97 Å². The maximum Gasteiger partial charge on any atom is 0.307 e. The monoisotopic (exact) mass is 280 g/mol. The average molecular weight is 280 g/mol. The van der Waals surface area contributed by atoms with E-state index in [-0.39, 0.29) is 17.9 Å². The number of likely N-dealkylation sites (N-methyl/N-ethyl adjacent to an activating group) is 1. The molecule has 1 aromatic rings. The largest absolute Gasteiger partial charge is 0.466 e. The first-order chi connectivity index (χ1) is 9.52. The van der Waals surface area contributed by atoms with E-state index in [2.05, 4.69) is 0 Å². The van der Waals surface area contributed by atoms with Crippen LogP contribution in [0.5, 0.6) is 0 Å². The van der Waals surface area contributed by atoms with Crippen LogP contribution < -0.4 is 0 Å². The maximum atomic E-state index is 12.0. The lowest BCUT2D eigenvalue weighted by atomic mass is 10.1. The topological polar surface area (TPSA) is 51.5 Å². The van der Waals surface area contributed by atoms with Crippen LogP contribution in [0.15, 0.2) is 12.3 Å². The minimum atomic E-state index is -0.220. The van der Waals surface area contributed by atoms with Crippen molar-refractivity contribution in [1.29, 1.82) is 0 Å².